The minimum atomic E-state index is 0.590. The number of likely N-dealkylation sites (tertiary alicyclic amines) is 1. The van der Waals surface area contributed by atoms with Crippen LogP contribution >= 0.6 is 11.6 Å². The highest BCUT2D eigenvalue weighted by Gasteiger charge is 2.17. The number of hydrogen-bond donors (Lipinski definition) is 1. The maximum atomic E-state index is 6.44. The SMILES string of the molecule is CCc1nn(CC)c(CNCC(C)N2CCCCC2)c1Cl. The Labute approximate surface area is 133 Å². The van der Waals surface area contributed by atoms with Gasteiger partial charge in [-0.15, -0.1) is 0 Å². The molecule has 120 valence electrons. The van der Waals surface area contributed by atoms with Crippen LogP contribution in [-0.2, 0) is 19.5 Å². The van der Waals surface area contributed by atoms with Gasteiger partial charge in [0.05, 0.1) is 16.4 Å². The molecule has 1 saturated heterocycles. The summed E-state index contributed by atoms with van der Waals surface area (Å²) in [6, 6.07) is 0.590. The monoisotopic (exact) mass is 312 g/mol. The Bertz CT molecular complexity index is 438. The van der Waals surface area contributed by atoms with Crippen LogP contribution in [0.25, 0.3) is 0 Å². The average Bonchev–Trinajstić information content (AvgIpc) is 2.84. The number of piperidine rings is 1. The minimum absolute atomic E-state index is 0.590. The molecule has 21 heavy (non-hydrogen) atoms. The van der Waals surface area contributed by atoms with E-state index in [2.05, 4.69) is 36.1 Å². The first-order chi connectivity index (χ1) is 10.2. The van der Waals surface area contributed by atoms with Crippen LogP contribution in [0, 0.1) is 0 Å². The Morgan fingerprint density at radius 1 is 1.24 bits per heavy atom. The lowest BCUT2D eigenvalue weighted by Crippen LogP contribution is -2.43. The average molecular weight is 313 g/mol. The van der Waals surface area contributed by atoms with Crippen LogP contribution in [-0.4, -0.2) is 40.4 Å². The van der Waals surface area contributed by atoms with E-state index in [-0.39, 0.29) is 0 Å². The lowest BCUT2D eigenvalue weighted by Gasteiger charge is -2.32. The number of nitrogens with zero attached hydrogens (tertiary/aromatic N) is 3. The molecule has 4 nitrogen and oxygen atoms in total. The third kappa shape index (κ3) is 4.21. The lowest BCUT2D eigenvalue weighted by molar-refractivity contribution is 0.170. The molecule has 0 amide bonds. The number of halogens is 1. The second-order valence-corrected chi connectivity index (χ2v) is 6.33. The molecule has 1 aliphatic rings. The molecule has 1 aromatic rings. The van der Waals surface area contributed by atoms with Crippen LogP contribution in [0.3, 0.4) is 0 Å². The molecule has 0 bridgehead atoms. The van der Waals surface area contributed by atoms with Crippen molar-refractivity contribution in [1.29, 1.82) is 0 Å². The molecule has 0 aliphatic carbocycles. The van der Waals surface area contributed by atoms with Crippen LogP contribution in [0.15, 0.2) is 0 Å². The summed E-state index contributed by atoms with van der Waals surface area (Å²) in [5.41, 5.74) is 2.14. The van der Waals surface area contributed by atoms with E-state index in [0.717, 1.165) is 42.5 Å². The van der Waals surface area contributed by atoms with Gasteiger partial charge in [-0.2, -0.15) is 5.10 Å². The van der Waals surface area contributed by atoms with Crippen molar-refractivity contribution >= 4 is 11.6 Å². The van der Waals surface area contributed by atoms with Crippen molar-refractivity contribution < 1.29 is 0 Å². The summed E-state index contributed by atoms with van der Waals surface area (Å²) in [5.74, 6) is 0. The zero-order valence-electron chi connectivity index (χ0n) is 13.7. The molecule has 2 rings (SSSR count). The predicted molar refractivity (Wildman–Crippen MR) is 88.9 cm³/mol. The largest absolute Gasteiger partial charge is 0.310 e. The van der Waals surface area contributed by atoms with Gasteiger partial charge in [0.2, 0.25) is 0 Å². The van der Waals surface area contributed by atoms with Crippen LogP contribution in [0.2, 0.25) is 5.02 Å². The van der Waals surface area contributed by atoms with Gasteiger partial charge in [0, 0.05) is 25.7 Å². The lowest BCUT2D eigenvalue weighted by atomic mass is 10.1. The van der Waals surface area contributed by atoms with E-state index >= 15 is 0 Å². The third-order valence-electron chi connectivity index (χ3n) is 4.44. The van der Waals surface area contributed by atoms with Gasteiger partial charge >= 0.3 is 0 Å². The molecule has 1 aliphatic heterocycles. The maximum Gasteiger partial charge on any atom is 0.0863 e. The van der Waals surface area contributed by atoms with Gasteiger partial charge in [-0.1, -0.05) is 24.9 Å². The van der Waals surface area contributed by atoms with Crippen molar-refractivity contribution in [3.8, 4) is 0 Å². The Morgan fingerprint density at radius 2 is 1.95 bits per heavy atom. The van der Waals surface area contributed by atoms with Crippen molar-refractivity contribution in [1.82, 2.24) is 20.0 Å². The van der Waals surface area contributed by atoms with Gasteiger partial charge in [0.1, 0.15) is 0 Å². The standard InChI is InChI=1S/C16H29ClN4/c1-4-14-16(17)15(21(5-2)19-14)12-18-11-13(3)20-9-7-6-8-10-20/h13,18H,4-12H2,1-3H3. The van der Waals surface area contributed by atoms with Crippen LogP contribution in [0.5, 0.6) is 0 Å². The van der Waals surface area contributed by atoms with Crippen LogP contribution < -0.4 is 5.32 Å². The first-order valence-electron chi connectivity index (χ1n) is 8.36. The summed E-state index contributed by atoms with van der Waals surface area (Å²) in [5, 5.41) is 8.98. The van der Waals surface area contributed by atoms with Crippen molar-refractivity contribution in [2.75, 3.05) is 19.6 Å². The van der Waals surface area contributed by atoms with E-state index in [1.165, 1.54) is 32.4 Å². The first-order valence-corrected chi connectivity index (χ1v) is 8.74. The summed E-state index contributed by atoms with van der Waals surface area (Å²) < 4.78 is 2.03. The van der Waals surface area contributed by atoms with E-state index < -0.39 is 0 Å². The summed E-state index contributed by atoms with van der Waals surface area (Å²) in [6.07, 6.45) is 4.97. The number of rotatable bonds is 7. The normalized spacial score (nSPS) is 18.1. The van der Waals surface area contributed by atoms with Gasteiger partial charge in [-0.3, -0.25) is 9.58 Å². The zero-order valence-corrected chi connectivity index (χ0v) is 14.4. The molecule has 0 spiro atoms. The Hall–Kier alpha value is -0.580. The molecule has 0 aromatic carbocycles. The van der Waals surface area contributed by atoms with Crippen LogP contribution in [0.1, 0.15) is 51.4 Å². The molecule has 1 atom stereocenters. The van der Waals surface area contributed by atoms with E-state index in [4.69, 9.17) is 11.6 Å². The Kier molecular flexibility index (Phi) is 6.52. The van der Waals surface area contributed by atoms with Crippen LogP contribution in [0.4, 0.5) is 0 Å². The van der Waals surface area contributed by atoms with Gasteiger partial charge in [-0.25, -0.2) is 0 Å². The van der Waals surface area contributed by atoms with E-state index in [9.17, 15) is 0 Å². The number of aryl methyl sites for hydroxylation is 2. The first kappa shape index (κ1) is 16.8. The van der Waals surface area contributed by atoms with E-state index in [1.54, 1.807) is 0 Å². The minimum Gasteiger partial charge on any atom is -0.310 e. The Morgan fingerprint density at radius 3 is 2.57 bits per heavy atom. The molecule has 1 aromatic heterocycles. The van der Waals surface area contributed by atoms with Gasteiger partial charge in [0.15, 0.2) is 0 Å². The fourth-order valence-electron chi connectivity index (χ4n) is 3.07. The second kappa shape index (κ2) is 8.16. The highest BCUT2D eigenvalue weighted by molar-refractivity contribution is 6.31. The smallest absolute Gasteiger partial charge is 0.0863 e. The topological polar surface area (TPSA) is 33.1 Å². The molecular formula is C16H29ClN4. The highest BCUT2D eigenvalue weighted by atomic mass is 35.5. The Balaban J connectivity index is 1.86. The van der Waals surface area contributed by atoms with Gasteiger partial charge in [-0.05, 0) is 46.2 Å². The third-order valence-corrected chi connectivity index (χ3v) is 4.88. The molecule has 1 fully saturated rings. The van der Waals surface area contributed by atoms with E-state index in [1.807, 2.05) is 4.68 Å². The molecule has 1 N–H and O–H groups in total. The van der Waals surface area contributed by atoms with Crippen molar-refractivity contribution in [2.45, 2.75) is 65.6 Å². The summed E-state index contributed by atoms with van der Waals surface area (Å²) >= 11 is 6.44. The number of nitrogens with one attached hydrogen (secondary N) is 1. The van der Waals surface area contributed by atoms with Gasteiger partial charge in [0.25, 0.3) is 0 Å². The predicted octanol–water partition coefficient (Wildman–Crippen LogP) is 3.08. The second-order valence-electron chi connectivity index (χ2n) is 5.95. The fourth-order valence-corrected chi connectivity index (χ4v) is 3.41. The van der Waals surface area contributed by atoms with Crippen molar-refractivity contribution in [3.63, 3.8) is 0 Å². The van der Waals surface area contributed by atoms with Crippen molar-refractivity contribution in [3.05, 3.63) is 16.4 Å². The zero-order chi connectivity index (χ0) is 15.2. The molecule has 0 saturated carbocycles. The number of aromatic nitrogens is 2. The van der Waals surface area contributed by atoms with E-state index in [0.29, 0.717) is 6.04 Å². The number of hydrogen-bond acceptors (Lipinski definition) is 3. The summed E-state index contributed by atoms with van der Waals surface area (Å²) in [6.45, 7) is 11.7. The summed E-state index contributed by atoms with van der Waals surface area (Å²) in [4.78, 5) is 2.59. The van der Waals surface area contributed by atoms with Crippen molar-refractivity contribution in [2.24, 2.45) is 0 Å². The highest BCUT2D eigenvalue weighted by Crippen LogP contribution is 2.21. The van der Waals surface area contributed by atoms with Gasteiger partial charge < -0.3 is 5.32 Å². The molecule has 0 radical (unpaired) electrons. The molecule has 5 heteroatoms. The quantitative estimate of drug-likeness (QED) is 0.840. The molecule has 1 unspecified atom stereocenters. The maximum absolute atomic E-state index is 6.44. The summed E-state index contributed by atoms with van der Waals surface area (Å²) in [7, 11) is 0. The molecule has 2 heterocycles. The fraction of sp³-hybridized carbons (Fsp3) is 0.812. The molecular weight excluding hydrogens is 284 g/mol.